The fourth-order valence-electron chi connectivity index (χ4n) is 2.84. The van der Waals surface area contributed by atoms with Crippen LogP contribution in [0.1, 0.15) is 33.1 Å². The van der Waals surface area contributed by atoms with Crippen LogP contribution in [-0.2, 0) is 4.74 Å². The lowest BCUT2D eigenvalue weighted by molar-refractivity contribution is -0.0796. The van der Waals surface area contributed by atoms with Crippen molar-refractivity contribution in [1.29, 1.82) is 0 Å². The molecule has 0 radical (unpaired) electrons. The van der Waals surface area contributed by atoms with Crippen LogP contribution < -0.4 is 5.73 Å². The van der Waals surface area contributed by atoms with Crippen LogP contribution in [0.25, 0.3) is 0 Å². The molecule has 2 unspecified atom stereocenters. The van der Waals surface area contributed by atoms with E-state index in [2.05, 4.69) is 18.7 Å². The molecule has 0 amide bonds. The topological polar surface area (TPSA) is 38.5 Å². The molecule has 0 bridgehead atoms. The van der Waals surface area contributed by atoms with Gasteiger partial charge in [0.25, 0.3) is 0 Å². The highest BCUT2D eigenvalue weighted by molar-refractivity contribution is 4.87. The standard InChI is InChI=1S/C11H22N2O/c1-8-6-13(7-9(2)14-8)11-4-3-10(12)5-11/h8-11H,3-7,12H2,1-2H3/t8-,9+,10?,11?. The van der Waals surface area contributed by atoms with E-state index in [1.807, 2.05) is 0 Å². The van der Waals surface area contributed by atoms with Crippen molar-refractivity contribution in [1.82, 2.24) is 4.90 Å². The van der Waals surface area contributed by atoms with E-state index >= 15 is 0 Å². The van der Waals surface area contributed by atoms with Gasteiger partial charge in [0, 0.05) is 25.2 Å². The Morgan fingerprint density at radius 2 is 1.79 bits per heavy atom. The van der Waals surface area contributed by atoms with E-state index in [0.29, 0.717) is 18.2 Å². The summed E-state index contributed by atoms with van der Waals surface area (Å²) in [6.45, 7) is 6.50. The number of nitrogens with zero attached hydrogens (tertiary/aromatic N) is 1. The largest absolute Gasteiger partial charge is 0.373 e. The van der Waals surface area contributed by atoms with E-state index in [4.69, 9.17) is 10.5 Å². The molecule has 3 heteroatoms. The van der Waals surface area contributed by atoms with Crippen molar-refractivity contribution in [2.45, 2.75) is 57.4 Å². The highest BCUT2D eigenvalue weighted by Crippen LogP contribution is 2.25. The summed E-state index contributed by atoms with van der Waals surface area (Å²) in [5.41, 5.74) is 5.94. The lowest BCUT2D eigenvalue weighted by Gasteiger charge is -2.39. The molecule has 4 atom stereocenters. The van der Waals surface area contributed by atoms with Crippen LogP contribution in [0.5, 0.6) is 0 Å². The van der Waals surface area contributed by atoms with E-state index < -0.39 is 0 Å². The first kappa shape index (κ1) is 10.4. The molecule has 1 aliphatic heterocycles. The second kappa shape index (κ2) is 4.17. The minimum Gasteiger partial charge on any atom is -0.373 e. The molecule has 0 aromatic carbocycles. The smallest absolute Gasteiger partial charge is 0.0678 e. The third kappa shape index (κ3) is 2.27. The minimum absolute atomic E-state index is 0.385. The van der Waals surface area contributed by atoms with E-state index in [1.165, 1.54) is 19.3 Å². The number of hydrogen-bond acceptors (Lipinski definition) is 3. The highest BCUT2D eigenvalue weighted by Gasteiger charge is 2.31. The normalized spacial score (nSPS) is 45.6. The van der Waals surface area contributed by atoms with Gasteiger partial charge in [0.05, 0.1) is 12.2 Å². The summed E-state index contributed by atoms with van der Waals surface area (Å²) in [4.78, 5) is 2.58. The van der Waals surface area contributed by atoms with Gasteiger partial charge in [-0.2, -0.15) is 0 Å². The molecule has 2 fully saturated rings. The second-order valence-electron chi connectivity index (χ2n) is 4.94. The maximum atomic E-state index is 5.94. The maximum Gasteiger partial charge on any atom is 0.0678 e. The number of rotatable bonds is 1. The molecular formula is C11H22N2O. The summed E-state index contributed by atoms with van der Waals surface area (Å²) in [7, 11) is 0. The zero-order valence-electron chi connectivity index (χ0n) is 9.28. The molecule has 0 aromatic heterocycles. The van der Waals surface area contributed by atoms with Gasteiger partial charge in [-0.05, 0) is 33.1 Å². The first-order valence-electron chi connectivity index (χ1n) is 5.80. The summed E-state index contributed by atoms with van der Waals surface area (Å²) >= 11 is 0. The predicted molar refractivity (Wildman–Crippen MR) is 57.2 cm³/mol. The van der Waals surface area contributed by atoms with E-state index in [-0.39, 0.29) is 0 Å². The third-order valence-electron chi connectivity index (χ3n) is 3.41. The van der Waals surface area contributed by atoms with E-state index in [9.17, 15) is 0 Å². The van der Waals surface area contributed by atoms with Crippen molar-refractivity contribution >= 4 is 0 Å². The van der Waals surface area contributed by atoms with Gasteiger partial charge >= 0.3 is 0 Å². The molecular weight excluding hydrogens is 176 g/mol. The molecule has 82 valence electrons. The summed E-state index contributed by atoms with van der Waals surface area (Å²) in [6.07, 6.45) is 4.43. The lowest BCUT2D eigenvalue weighted by Crippen LogP contribution is -2.49. The fraction of sp³-hybridized carbons (Fsp3) is 1.00. The van der Waals surface area contributed by atoms with Crippen molar-refractivity contribution in [2.75, 3.05) is 13.1 Å². The van der Waals surface area contributed by atoms with Gasteiger partial charge in [-0.3, -0.25) is 4.90 Å². The van der Waals surface area contributed by atoms with Crippen molar-refractivity contribution < 1.29 is 4.74 Å². The summed E-state index contributed by atoms with van der Waals surface area (Å²) < 4.78 is 5.73. The van der Waals surface area contributed by atoms with Crippen molar-refractivity contribution in [3.05, 3.63) is 0 Å². The van der Waals surface area contributed by atoms with Crippen LogP contribution in [0.2, 0.25) is 0 Å². The zero-order valence-corrected chi connectivity index (χ0v) is 9.28. The fourth-order valence-corrected chi connectivity index (χ4v) is 2.84. The van der Waals surface area contributed by atoms with Crippen LogP contribution in [0.4, 0.5) is 0 Å². The average Bonchev–Trinajstić information content (AvgIpc) is 2.50. The van der Waals surface area contributed by atoms with Gasteiger partial charge in [0.1, 0.15) is 0 Å². The molecule has 1 saturated carbocycles. The van der Waals surface area contributed by atoms with E-state index in [1.54, 1.807) is 0 Å². The first-order chi connectivity index (χ1) is 6.65. The Morgan fingerprint density at radius 3 is 2.29 bits per heavy atom. The molecule has 1 aliphatic carbocycles. The van der Waals surface area contributed by atoms with Crippen molar-refractivity contribution in [2.24, 2.45) is 5.73 Å². The Morgan fingerprint density at radius 1 is 1.14 bits per heavy atom. The molecule has 2 rings (SSSR count). The van der Waals surface area contributed by atoms with Gasteiger partial charge in [-0.25, -0.2) is 0 Å². The Hall–Kier alpha value is -0.120. The van der Waals surface area contributed by atoms with Crippen LogP contribution >= 0.6 is 0 Å². The SMILES string of the molecule is C[C@@H]1CN(C2CCC(N)C2)C[C@H](C)O1. The molecule has 1 saturated heterocycles. The first-order valence-corrected chi connectivity index (χ1v) is 5.80. The molecule has 1 heterocycles. The van der Waals surface area contributed by atoms with Crippen LogP contribution in [-0.4, -0.2) is 42.3 Å². The van der Waals surface area contributed by atoms with Gasteiger partial charge < -0.3 is 10.5 Å². The maximum absolute atomic E-state index is 5.94. The van der Waals surface area contributed by atoms with E-state index in [0.717, 1.165) is 19.1 Å². The summed E-state index contributed by atoms with van der Waals surface area (Å²) in [5, 5.41) is 0. The molecule has 2 N–H and O–H groups in total. The van der Waals surface area contributed by atoms with Crippen molar-refractivity contribution in [3.63, 3.8) is 0 Å². The van der Waals surface area contributed by atoms with Crippen LogP contribution in [0.3, 0.4) is 0 Å². The quantitative estimate of drug-likeness (QED) is 0.682. The number of ether oxygens (including phenoxy) is 1. The molecule has 0 aromatic rings. The average molecular weight is 198 g/mol. The number of nitrogens with two attached hydrogens (primary N) is 1. The minimum atomic E-state index is 0.385. The lowest BCUT2D eigenvalue weighted by atomic mass is 10.1. The monoisotopic (exact) mass is 198 g/mol. The Balaban J connectivity index is 1.90. The molecule has 3 nitrogen and oxygen atoms in total. The predicted octanol–water partition coefficient (Wildman–Crippen LogP) is 0.975. The zero-order chi connectivity index (χ0) is 10.1. The summed E-state index contributed by atoms with van der Waals surface area (Å²) in [5.74, 6) is 0. The molecule has 2 aliphatic rings. The third-order valence-corrected chi connectivity index (χ3v) is 3.41. The van der Waals surface area contributed by atoms with Gasteiger partial charge in [-0.15, -0.1) is 0 Å². The highest BCUT2D eigenvalue weighted by atomic mass is 16.5. The molecule has 0 spiro atoms. The van der Waals surface area contributed by atoms with Gasteiger partial charge in [0.15, 0.2) is 0 Å². The molecule has 14 heavy (non-hydrogen) atoms. The van der Waals surface area contributed by atoms with Gasteiger partial charge in [-0.1, -0.05) is 0 Å². The van der Waals surface area contributed by atoms with Crippen LogP contribution in [0, 0.1) is 0 Å². The van der Waals surface area contributed by atoms with Crippen LogP contribution in [0.15, 0.2) is 0 Å². The summed E-state index contributed by atoms with van der Waals surface area (Å²) in [6, 6.07) is 1.16. The van der Waals surface area contributed by atoms with Crippen molar-refractivity contribution in [3.8, 4) is 0 Å². The number of hydrogen-bond donors (Lipinski definition) is 1. The second-order valence-corrected chi connectivity index (χ2v) is 4.94. The Bertz CT molecular complexity index is 188. The Kier molecular flexibility index (Phi) is 3.10. The van der Waals surface area contributed by atoms with Gasteiger partial charge in [0.2, 0.25) is 0 Å². The number of morpholine rings is 1. The Labute approximate surface area is 86.6 Å².